The standard InChI is InChI=1S/C15H16N4O3S/c1-10(2)9-14-17-18-15(23-14)16-13(20)8-7-11-5-3-4-6-12(11)19(21)22/h3-8,10H,9H2,1-2H3,(H,16,18,20)/b8-7+. The summed E-state index contributed by atoms with van der Waals surface area (Å²) in [6.07, 6.45) is 3.45. The fourth-order valence-electron chi connectivity index (χ4n) is 1.84. The molecule has 7 nitrogen and oxygen atoms in total. The molecule has 2 aromatic rings. The molecule has 0 spiro atoms. The van der Waals surface area contributed by atoms with Crippen molar-refractivity contribution in [1.82, 2.24) is 10.2 Å². The van der Waals surface area contributed by atoms with Gasteiger partial charge in [0.2, 0.25) is 11.0 Å². The van der Waals surface area contributed by atoms with Gasteiger partial charge in [0.25, 0.3) is 5.69 Å². The monoisotopic (exact) mass is 332 g/mol. The van der Waals surface area contributed by atoms with E-state index in [4.69, 9.17) is 0 Å². The Morgan fingerprint density at radius 1 is 1.39 bits per heavy atom. The van der Waals surface area contributed by atoms with Crippen molar-refractivity contribution in [2.24, 2.45) is 5.92 Å². The SMILES string of the molecule is CC(C)Cc1nnc(NC(=O)/C=C/c2ccccc2[N+](=O)[O-])s1. The number of amides is 1. The quantitative estimate of drug-likeness (QED) is 0.497. The summed E-state index contributed by atoms with van der Waals surface area (Å²) in [4.78, 5) is 22.3. The van der Waals surface area contributed by atoms with Crippen LogP contribution in [0.5, 0.6) is 0 Å². The zero-order valence-electron chi connectivity index (χ0n) is 12.7. The van der Waals surface area contributed by atoms with Crippen LogP contribution < -0.4 is 5.32 Å². The lowest BCUT2D eigenvalue weighted by molar-refractivity contribution is -0.385. The maximum absolute atomic E-state index is 11.9. The minimum absolute atomic E-state index is 0.0494. The highest BCUT2D eigenvalue weighted by molar-refractivity contribution is 7.15. The van der Waals surface area contributed by atoms with Crippen molar-refractivity contribution in [2.45, 2.75) is 20.3 Å². The van der Waals surface area contributed by atoms with Gasteiger partial charge in [-0.05, 0) is 18.1 Å². The van der Waals surface area contributed by atoms with Crippen molar-refractivity contribution >= 4 is 34.1 Å². The van der Waals surface area contributed by atoms with Crippen LogP contribution in [0.15, 0.2) is 30.3 Å². The van der Waals surface area contributed by atoms with Crippen LogP contribution in [0.4, 0.5) is 10.8 Å². The van der Waals surface area contributed by atoms with Crippen LogP contribution in [0.3, 0.4) is 0 Å². The molecule has 0 bridgehead atoms. The summed E-state index contributed by atoms with van der Waals surface area (Å²) in [5.41, 5.74) is 0.317. The number of anilines is 1. The molecule has 1 aromatic carbocycles. The van der Waals surface area contributed by atoms with Gasteiger partial charge in [-0.1, -0.05) is 37.3 Å². The van der Waals surface area contributed by atoms with E-state index in [0.717, 1.165) is 11.4 Å². The van der Waals surface area contributed by atoms with Crippen molar-refractivity contribution in [3.8, 4) is 0 Å². The zero-order chi connectivity index (χ0) is 16.8. The molecule has 1 N–H and O–H groups in total. The average molecular weight is 332 g/mol. The number of nitro groups is 1. The Kier molecular flexibility index (Phi) is 5.53. The Hall–Kier alpha value is -2.61. The van der Waals surface area contributed by atoms with Crippen molar-refractivity contribution in [3.05, 3.63) is 51.0 Å². The van der Waals surface area contributed by atoms with Gasteiger partial charge in [-0.25, -0.2) is 0 Å². The van der Waals surface area contributed by atoms with Crippen LogP contribution in [0, 0.1) is 16.0 Å². The van der Waals surface area contributed by atoms with Crippen LogP contribution in [-0.2, 0) is 11.2 Å². The number of nitrogens with one attached hydrogen (secondary N) is 1. The molecular weight excluding hydrogens is 316 g/mol. The van der Waals surface area contributed by atoms with Crippen molar-refractivity contribution in [2.75, 3.05) is 5.32 Å². The van der Waals surface area contributed by atoms with Gasteiger partial charge in [-0.15, -0.1) is 10.2 Å². The maximum Gasteiger partial charge on any atom is 0.276 e. The molecule has 120 valence electrons. The van der Waals surface area contributed by atoms with Crippen molar-refractivity contribution in [1.29, 1.82) is 0 Å². The molecule has 1 aromatic heterocycles. The number of benzene rings is 1. The van der Waals surface area contributed by atoms with Crippen molar-refractivity contribution in [3.63, 3.8) is 0 Å². The molecule has 0 atom stereocenters. The van der Waals surface area contributed by atoms with Gasteiger partial charge in [0.05, 0.1) is 10.5 Å². The first-order valence-electron chi connectivity index (χ1n) is 7.00. The third kappa shape index (κ3) is 4.96. The van der Waals surface area contributed by atoms with Gasteiger partial charge < -0.3 is 0 Å². The Bertz CT molecular complexity index is 740. The first kappa shape index (κ1) is 16.8. The molecule has 2 rings (SSSR count). The molecule has 23 heavy (non-hydrogen) atoms. The van der Waals surface area contributed by atoms with Crippen LogP contribution in [0.2, 0.25) is 0 Å². The lowest BCUT2D eigenvalue weighted by Gasteiger charge is -1.98. The molecule has 0 fully saturated rings. The van der Waals surface area contributed by atoms with E-state index in [0.29, 0.717) is 16.6 Å². The minimum atomic E-state index is -0.486. The van der Waals surface area contributed by atoms with Gasteiger partial charge in [-0.2, -0.15) is 0 Å². The fraction of sp³-hybridized carbons (Fsp3) is 0.267. The highest BCUT2D eigenvalue weighted by atomic mass is 32.1. The van der Waals surface area contributed by atoms with Gasteiger partial charge in [0, 0.05) is 18.6 Å². The number of rotatable bonds is 6. The molecule has 8 heteroatoms. The Labute approximate surface area is 137 Å². The van der Waals surface area contributed by atoms with E-state index in [-0.39, 0.29) is 5.69 Å². The molecule has 0 saturated carbocycles. The summed E-state index contributed by atoms with van der Waals surface area (Å²) >= 11 is 1.32. The van der Waals surface area contributed by atoms with E-state index in [2.05, 4.69) is 29.4 Å². The highest BCUT2D eigenvalue weighted by Gasteiger charge is 2.11. The fourth-order valence-corrected chi connectivity index (χ4v) is 2.80. The molecule has 0 unspecified atom stereocenters. The number of para-hydroxylation sites is 1. The minimum Gasteiger partial charge on any atom is -0.297 e. The van der Waals surface area contributed by atoms with E-state index in [1.807, 2.05) is 0 Å². The molecule has 0 saturated heterocycles. The molecule has 0 aliphatic rings. The first-order valence-corrected chi connectivity index (χ1v) is 7.82. The largest absolute Gasteiger partial charge is 0.297 e. The molecule has 1 heterocycles. The number of hydrogen-bond donors (Lipinski definition) is 1. The van der Waals surface area contributed by atoms with E-state index < -0.39 is 10.8 Å². The molecule has 0 aliphatic carbocycles. The Morgan fingerprint density at radius 2 is 2.13 bits per heavy atom. The predicted octanol–water partition coefficient (Wildman–Crippen LogP) is 3.30. The third-order valence-corrected chi connectivity index (χ3v) is 3.69. The summed E-state index contributed by atoms with van der Waals surface area (Å²) in [5, 5.41) is 22.7. The van der Waals surface area contributed by atoms with E-state index in [1.54, 1.807) is 18.2 Å². The Morgan fingerprint density at radius 3 is 2.83 bits per heavy atom. The number of nitrogens with zero attached hydrogens (tertiary/aromatic N) is 3. The summed E-state index contributed by atoms with van der Waals surface area (Å²) in [6.45, 7) is 4.16. The highest BCUT2D eigenvalue weighted by Crippen LogP contribution is 2.20. The summed E-state index contributed by atoms with van der Waals surface area (Å²) < 4.78 is 0. The Balaban J connectivity index is 2.02. The number of aromatic nitrogens is 2. The molecule has 0 aliphatic heterocycles. The van der Waals surface area contributed by atoms with Gasteiger partial charge in [0.15, 0.2) is 0 Å². The predicted molar refractivity (Wildman–Crippen MR) is 89.2 cm³/mol. The number of carbonyl (C=O) groups excluding carboxylic acids is 1. The van der Waals surface area contributed by atoms with Crippen LogP contribution in [0.1, 0.15) is 24.4 Å². The molecule has 0 radical (unpaired) electrons. The first-order chi connectivity index (χ1) is 11.0. The second kappa shape index (κ2) is 7.59. The van der Waals surface area contributed by atoms with Gasteiger partial charge in [-0.3, -0.25) is 20.2 Å². The van der Waals surface area contributed by atoms with E-state index in [1.165, 1.54) is 29.6 Å². The van der Waals surface area contributed by atoms with Gasteiger partial charge >= 0.3 is 0 Å². The molecular formula is C15H16N4O3S. The second-order valence-corrected chi connectivity index (χ2v) is 6.30. The summed E-state index contributed by atoms with van der Waals surface area (Å²) in [6, 6.07) is 6.22. The lowest BCUT2D eigenvalue weighted by atomic mass is 10.1. The summed E-state index contributed by atoms with van der Waals surface area (Å²) in [7, 11) is 0. The average Bonchev–Trinajstić information content (AvgIpc) is 2.91. The van der Waals surface area contributed by atoms with Crippen LogP contribution in [0.25, 0.3) is 6.08 Å². The van der Waals surface area contributed by atoms with Gasteiger partial charge in [0.1, 0.15) is 5.01 Å². The number of hydrogen-bond acceptors (Lipinski definition) is 6. The normalized spacial score (nSPS) is 11.1. The zero-order valence-corrected chi connectivity index (χ0v) is 13.5. The number of carbonyl (C=O) groups is 1. The maximum atomic E-state index is 11.9. The van der Waals surface area contributed by atoms with Crippen LogP contribution >= 0.6 is 11.3 Å². The lowest BCUT2D eigenvalue weighted by Crippen LogP contribution is -2.07. The molecule has 1 amide bonds. The third-order valence-electron chi connectivity index (χ3n) is 2.83. The van der Waals surface area contributed by atoms with E-state index >= 15 is 0 Å². The summed E-state index contributed by atoms with van der Waals surface area (Å²) in [5.74, 6) is 0.0559. The number of nitro benzene ring substituents is 1. The van der Waals surface area contributed by atoms with Crippen LogP contribution in [-0.4, -0.2) is 21.0 Å². The smallest absolute Gasteiger partial charge is 0.276 e. The topological polar surface area (TPSA) is 98.0 Å². The second-order valence-electron chi connectivity index (χ2n) is 5.24. The van der Waals surface area contributed by atoms with E-state index in [9.17, 15) is 14.9 Å². The van der Waals surface area contributed by atoms with Crippen molar-refractivity contribution < 1.29 is 9.72 Å².